The molecule has 0 bridgehead atoms. The van der Waals surface area contributed by atoms with Gasteiger partial charge in [-0.2, -0.15) is 0 Å². The molecule has 0 saturated heterocycles. The van der Waals surface area contributed by atoms with E-state index in [1.54, 1.807) is 18.2 Å². The molecule has 1 aliphatic carbocycles. The van der Waals surface area contributed by atoms with Crippen LogP contribution >= 0.6 is 0 Å². The van der Waals surface area contributed by atoms with Crippen LogP contribution in [0.25, 0.3) is 0 Å². The quantitative estimate of drug-likeness (QED) is 0.849. The molecule has 0 radical (unpaired) electrons. The molecule has 0 aliphatic heterocycles. The Balaban J connectivity index is 2.13. The number of nitrogens with one attached hydrogen (secondary N) is 2. The molecule has 5 heteroatoms. The maximum absolute atomic E-state index is 12.6. The van der Waals surface area contributed by atoms with E-state index in [4.69, 9.17) is 0 Å². The molecule has 2 rings (SSSR count). The second kappa shape index (κ2) is 6.90. The van der Waals surface area contributed by atoms with E-state index >= 15 is 0 Å². The highest BCUT2D eigenvalue weighted by Crippen LogP contribution is 2.34. The predicted octanol–water partition coefficient (Wildman–Crippen LogP) is 2.51. The van der Waals surface area contributed by atoms with E-state index in [0.29, 0.717) is 23.3 Å². The Kier molecular flexibility index (Phi) is 5.41. The first kappa shape index (κ1) is 16.5. The zero-order valence-corrected chi connectivity index (χ0v) is 13.9. The SMILES string of the molecule is CCC1CCC(NS(=O)(=O)c2cccc(CNC)c2)C1C. The van der Waals surface area contributed by atoms with Crippen molar-refractivity contribution in [2.75, 3.05) is 7.05 Å². The molecule has 4 nitrogen and oxygen atoms in total. The van der Waals surface area contributed by atoms with E-state index in [9.17, 15) is 8.42 Å². The van der Waals surface area contributed by atoms with Gasteiger partial charge in [0.1, 0.15) is 0 Å². The van der Waals surface area contributed by atoms with Crippen LogP contribution in [0.5, 0.6) is 0 Å². The number of hydrogen-bond donors (Lipinski definition) is 2. The molecule has 0 heterocycles. The minimum Gasteiger partial charge on any atom is -0.316 e. The molecule has 3 atom stereocenters. The van der Waals surface area contributed by atoms with Gasteiger partial charge < -0.3 is 5.32 Å². The molecular formula is C16H26N2O2S. The molecule has 1 aliphatic rings. The van der Waals surface area contributed by atoms with Crippen molar-refractivity contribution in [3.05, 3.63) is 29.8 Å². The second-order valence-corrected chi connectivity index (χ2v) is 7.72. The maximum Gasteiger partial charge on any atom is 0.240 e. The molecule has 1 aromatic rings. The van der Waals surface area contributed by atoms with E-state index in [2.05, 4.69) is 23.9 Å². The highest BCUT2D eigenvalue weighted by molar-refractivity contribution is 7.89. The molecule has 118 valence electrons. The van der Waals surface area contributed by atoms with Crippen LogP contribution in [0.1, 0.15) is 38.7 Å². The smallest absolute Gasteiger partial charge is 0.240 e. The monoisotopic (exact) mass is 310 g/mol. The number of benzene rings is 1. The number of sulfonamides is 1. The van der Waals surface area contributed by atoms with E-state index in [1.807, 2.05) is 13.1 Å². The summed E-state index contributed by atoms with van der Waals surface area (Å²) in [6.07, 6.45) is 3.18. The molecule has 1 saturated carbocycles. The Labute approximate surface area is 128 Å². The lowest BCUT2D eigenvalue weighted by Crippen LogP contribution is -2.37. The summed E-state index contributed by atoms with van der Waals surface area (Å²) in [5.41, 5.74) is 0.978. The molecule has 1 fully saturated rings. The highest BCUT2D eigenvalue weighted by Gasteiger charge is 2.34. The highest BCUT2D eigenvalue weighted by atomic mass is 32.2. The Morgan fingerprint density at radius 1 is 1.29 bits per heavy atom. The van der Waals surface area contributed by atoms with Gasteiger partial charge in [0.15, 0.2) is 0 Å². The molecule has 1 aromatic carbocycles. The lowest BCUT2D eigenvalue weighted by molar-refractivity contribution is 0.368. The lowest BCUT2D eigenvalue weighted by atomic mass is 9.94. The molecule has 0 spiro atoms. The largest absolute Gasteiger partial charge is 0.316 e. The van der Waals surface area contributed by atoms with Gasteiger partial charge in [-0.05, 0) is 49.4 Å². The first-order chi connectivity index (χ1) is 9.97. The topological polar surface area (TPSA) is 58.2 Å². The van der Waals surface area contributed by atoms with Crippen LogP contribution < -0.4 is 10.0 Å². The predicted molar refractivity (Wildman–Crippen MR) is 85.5 cm³/mol. The number of rotatable bonds is 6. The normalized spacial score (nSPS) is 26.1. The van der Waals surface area contributed by atoms with Gasteiger partial charge in [0, 0.05) is 12.6 Å². The molecule has 2 N–H and O–H groups in total. The van der Waals surface area contributed by atoms with Crippen molar-refractivity contribution in [3.63, 3.8) is 0 Å². The van der Waals surface area contributed by atoms with Crippen molar-refractivity contribution in [2.24, 2.45) is 11.8 Å². The van der Waals surface area contributed by atoms with Gasteiger partial charge in [-0.1, -0.05) is 32.4 Å². The fourth-order valence-electron chi connectivity index (χ4n) is 3.28. The summed E-state index contributed by atoms with van der Waals surface area (Å²) >= 11 is 0. The minimum absolute atomic E-state index is 0.0629. The Hall–Kier alpha value is -0.910. The van der Waals surface area contributed by atoms with Gasteiger partial charge in [-0.3, -0.25) is 0 Å². The summed E-state index contributed by atoms with van der Waals surface area (Å²) < 4.78 is 28.0. The van der Waals surface area contributed by atoms with Gasteiger partial charge in [0.05, 0.1) is 4.90 Å². The summed E-state index contributed by atoms with van der Waals surface area (Å²) in [4.78, 5) is 0.363. The average molecular weight is 310 g/mol. The summed E-state index contributed by atoms with van der Waals surface area (Å²) in [6, 6.07) is 7.20. The molecular weight excluding hydrogens is 284 g/mol. The van der Waals surface area contributed by atoms with E-state index in [0.717, 1.165) is 24.8 Å². The van der Waals surface area contributed by atoms with Gasteiger partial charge >= 0.3 is 0 Å². The van der Waals surface area contributed by atoms with Crippen LogP contribution in [0.3, 0.4) is 0 Å². The summed E-state index contributed by atoms with van der Waals surface area (Å²) in [7, 11) is -1.58. The average Bonchev–Trinajstić information content (AvgIpc) is 2.80. The van der Waals surface area contributed by atoms with Crippen LogP contribution in [0, 0.1) is 11.8 Å². The Bertz CT molecular complexity index is 571. The van der Waals surface area contributed by atoms with Crippen molar-refractivity contribution >= 4 is 10.0 Å². The van der Waals surface area contributed by atoms with Gasteiger partial charge in [-0.25, -0.2) is 13.1 Å². The Morgan fingerprint density at radius 2 is 2.05 bits per heavy atom. The standard InChI is InChI=1S/C16H26N2O2S/c1-4-14-8-9-16(12(14)2)18-21(19,20)15-7-5-6-13(10-15)11-17-3/h5-7,10,12,14,16-18H,4,8-9,11H2,1-3H3. The van der Waals surface area contributed by atoms with Crippen LogP contribution in [-0.2, 0) is 16.6 Å². The number of hydrogen-bond acceptors (Lipinski definition) is 3. The van der Waals surface area contributed by atoms with Gasteiger partial charge in [-0.15, -0.1) is 0 Å². The van der Waals surface area contributed by atoms with E-state index in [1.165, 1.54) is 0 Å². The second-order valence-electron chi connectivity index (χ2n) is 6.01. The third-order valence-corrected chi connectivity index (χ3v) is 6.13. The third-order valence-electron chi connectivity index (χ3n) is 4.65. The first-order valence-electron chi connectivity index (χ1n) is 7.73. The minimum atomic E-state index is -3.43. The van der Waals surface area contributed by atoms with Crippen molar-refractivity contribution in [1.82, 2.24) is 10.0 Å². The summed E-state index contributed by atoms with van der Waals surface area (Å²) in [6.45, 7) is 5.01. The molecule has 0 aromatic heterocycles. The Morgan fingerprint density at radius 3 is 2.67 bits per heavy atom. The van der Waals surface area contributed by atoms with Crippen LogP contribution in [0.2, 0.25) is 0 Å². The zero-order chi connectivity index (χ0) is 15.5. The molecule has 21 heavy (non-hydrogen) atoms. The van der Waals surface area contributed by atoms with Crippen LogP contribution in [0.4, 0.5) is 0 Å². The van der Waals surface area contributed by atoms with Gasteiger partial charge in [0.2, 0.25) is 10.0 Å². The molecule has 0 amide bonds. The fraction of sp³-hybridized carbons (Fsp3) is 0.625. The lowest BCUT2D eigenvalue weighted by Gasteiger charge is -2.21. The van der Waals surface area contributed by atoms with Crippen molar-refractivity contribution in [3.8, 4) is 0 Å². The zero-order valence-electron chi connectivity index (χ0n) is 13.1. The molecule has 3 unspecified atom stereocenters. The third kappa shape index (κ3) is 3.84. The van der Waals surface area contributed by atoms with Crippen LogP contribution in [0.15, 0.2) is 29.2 Å². The van der Waals surface area contributed by atoms with E-state index < -0.39 is 10.0 Å². The maximum atomic E-state index is 12.6. The first-order valence-corrected chi connectivity index (χ1v) is 9.22. The van der Waals surface area contributed by atoms with Crippen molar-refractivity contribution in [2.45, 2.75) is 50.6 Å². The van der Waals surface area contributed by atoms with Crippen molar-refractivity contribution < 1.29 is 8.42 Å². The van der Waals surface area contributed by atoms with E-state index in [-0.39, 0.29) is 6.04 Å². The fourth-order valence-corrected chi connectivity index (χ4v) is 4.72. The van der Waals surface area contributed by atoms with Crippen LogP contribution in [-0.4, -0.2) is 21.5 Å². The summed E-state index contributed by atoms with van der Waals surface area (Å²) in [5, 5.41) is 3.04. The van der Waals surface area contributed by atoms with Gasteiger partial charge in [0.25, 0.3) is 0 Å². The van der Waals surface area contributed by atoms with Crippen molar-refractivity contribution in [1.29, 1.82) is 0 Å². The summed E-state index contributed by atoms with van der Waals surface area (Å²) in [5.74, 6) is 1.04.